The lowest BCUT2D eigenvalue weighted by Crippen LogP contribution is -2.10. The number of pyridine rings is 1. The number of nitrogens with two attached hydrogens (primary N) is 2. The summed E-state index contributed by atoms with van der Waals surface area (Å²) in [4.78, 5) is 16.4. The zero-order valence-electron chi connectivity index (χ0n) is 11.2. The number of hydrogen-bond acceptors (Lipinski definition) is 6. The van der Waals surface area contributed by atoms with Crippen molar-refractivity contribution in [2.24, 2.45) is 5.73 Å². The summed E-state index contributed by atoms with van der Waals surface area (Å²) < 4.78 is 5.80. The van der Waals surface area contributed by atoms with Gasteiger partial charge in [-0.2, -0.15) is 5.26 Å². The Labute approximate surface area is 129 Å². The molecule has 0 bridgehead atoms. The molecule has 3 aromatic rings. The summed E-state index contributed by atoms with van der Waals surface area (Å²) in [6, 6.07) is 10.5. The highest BCUT2D eigenvalue weighted by atomic mass is 32.1. The smallest absolute Gasteiger partial charge is 0.260 e. The molecule has 1 amide bonds. The van der Waals surface area contributed by atoms with Gasteiger partial charge in [0.25, 0.3) is 5.91 Å². The Balaban J connectivity index is 2.16. The summed E-state index contributed by atoms with van der Waals surface area (Å²) in [7, 11) is 0. The van der Waals surface area contributed by atoms with Gasteiger partial charge >= 0.3 is 0 Å². The Morgan fingerprint density at radius 2 is 2.05 bits per heavy atom. The molecule has 2 heterocycles. The summed E-state index contributed by atoms with van der Waals surface area (Å²) in [6.07, 6.45) is 1.55. The Morgan fingerprint density at radius 3 is 2.77 bits per heavy atom. The summed E-state index contributed by atoms with van der Waals surface area (Å²) in [5, 5.41) is 9.64. The number of nitrogen functional groups attached to an aromatic ring is 1. The van der Waals surface area contributed by atoms with Crippen molar-refractivity contribution in [3.8, 4) is 17.6 Å². The van der Waals surface area contributed by atoms with Gasteiger partial charge in [0, 0.05) is 6.20 Å². The Bertz CT molecular complexity index is 927. The highest BCUT2D eigenvalue weighted by Crippen LogP contribution is 2.40. The van der Waals surface area contributed by atoms with Crippen LogP contribution in [0.1, 0.15) is 15.2 Å². The molecular formula is C15H10N4O2S. The third-order valence-corrected chi connectivity index (χ3v) is 4.17. The molecule has 7 heteroatoms. The largest absolute Gasteiger partial charge is 0.455 e. The fourth-order valence-electron chi connectivity index (χ4n) is 2.05. The molecule has 0 saturated carbocycles. The molecule has 0 atom stereocenters. The Kier molecular flexibility index (Phi) is 3.37. The summed E-state index contributed by atoms with van der Waals surface area (Å²) in [5.74, 6) is 0.224. The number of benzene rings is 1. The van der Waals surface area contributed by atoms with Gasteiger partial charge in [-0.05, 0) is 18.2 Å². The van der Waals surface area contributed by atoms with E-state index < -0.39 is 5.91 Å². The van der Waals surface area contributed by atoms with Gasteiger partial charge in [-0.1, -0.05) is 12.1 Å². The van der Waals surface area contributed by atoms with E-state index in [9.17, 15) is 4.79 Å². The third kappa shape index (κ3) is 2.21. The first-order valence-corrected chi connectivity index (χ1v) is 7.07. The van der Waals surface area contributed by atoms with Crippen molar-refractivity contribution in [1.29, 1.82) is 5.26 Å². The molecule has 4 N–H and O–H groups in total. The van der Waals surface area contributed by atoms with Crippen molar-refractivity contribution in [3.63, 3.8) is 0 Å². The van der Waals surface area contributed by atoms with E-state index in [2.05, 4.69) is 11.1 Å². The number of primary amides is 1. The average molecular weight is 310 g/mol. The van der Waals surface area contributed by atoms with Gasteiger partial charge in [-0.15, -0.1) is 11.3 Å². The number of carbonyl (C=O) groups is 1. The Hall–Kier alpha value is -3.11. The molecule has 1 aromatic carbocycles. The van der Waals surface area contributed by atoms with E-state index in [1.54, 1.807) is 36.5 Å². The second-order valence-corrected chi connectivity index (χ2v) is 5.41. The monoisotopic (exact) mass is 310 g/mol. The maximum absolute atomic E-state index is 11.4. The topological polar surface area (TPSA) is 115 Å². The normalized spacial score (nSPS) is 10.3. The quantitative estimate of drug-likeness (QED) is 0.771. The molecule has 108 valence electrons. The van der Waals surface area contributed by atoms with Gasteiger partial charge < -0.3 is 16.2 Å². The van der Waals surface area contributed by atoms with Crippen LogP contribution in [0.5, 0.6) is 11.5 Å². The van der Waals surface area contributed by atoms with Crippen LogP contribution in [-0.4, -0.2) is 10.9 Å². The van der Waals surface area contributed by atoms with Gasteiger partial charge in [-0.3, -0.25) is 4.79 Å². The van der Waals surface area contributed by atoms with Crippen LogP contribution >= 0.6 is 11.3 Å². The van der Waals surface area contributed by atoms with Crippen LogP contribution in [0, 0.1) is 11.3 Å². The number of fused-ring (bicyclic) bond motifs is 1. The predicted octanol–water partition coefficient (Wildman–Crippen LogP) is 2.64. The number of anilines is 1. The summed E-state index contributed by atoms with van der Waals surface area (Å²) >= 11 is 1.11. The van der Waals surface area contributed by atoms with Crippen molar-refractivity contribution in [3.05, 3.63) is 47.0 Å². The number of para-hydroxylation sites is 1. The van der Waals surface area contributed by atoms with Crippen molar-refractivity contribution in [2.75, 3.05) is 5.73 Å². The van der Waals surface area contributed by atoms with E-state index >= 15 is 0 Å². The van der Waals surface area contributed by atoms with Gasteiger partial charge in [0.15, 0.2) is 0 Å². The fraction of sp³-hybridized carbons (Fsp3) is 0. The zero-order valence-corrected chi connectivity index (χ0v) is 12.1. The number of nitrogens with zero attached hydrogens (tertiary/aromatic N) is 2. The van der Waals surface area contributed by atoms with Crippen LogP contribution in [0.15, 0.2) is 36.5 Å². The second-order valence-electron chi connectivity index (χ2n) is 4.41. The van der Waals surface area contributed by atoms with Crippen LogP contribution < -0.4 is 16.2 Å². The molecule has 22 heavy (non-hydrogen) atoms. The van der Waals surface area contributed by atoms with E-state index in [0.717, 1.165) is 11.3 Å². The first kappa shape index (κ1) is 13.9. The highest BCUT2D eigenvalue weighted by molar-refractivity contribution is 7.21. The van der Waals surface area contributed by atoms with E-state index in [1.165, 1.54) is 0 Å². The second kappa shape index (κ2) is 5.35. The molecule has 6 nitrogen and oxygen atoms in total. The average Bonchev–Trinajstić information content (AvgIpc) is 2.86. The lowest BCUT2D eigenvalue weighted by atomic mass is 10.2. The van der Waals surface area contributed by atoms with Crippen molar-refractivity contribution in [1.82, 2.24) is 4.98 Å². The Morgan fingerprint density at radius 1 is 1.27 bits per heavy atom. The molecule has 0 saturated heterocycles. The lowest BCUT2D eigenvalue weighted by Gasteiger charge is -2.08. The molecule has 0 unspecified atom stereocenters. The fourth-order valence-corrected chi connectivity index (χ4v) is 2.98. The first-order chi connectivity index (χ1) is 10.6. The van der Waals surface area contributed by atoms with Gasteiger partial charge in [0.2, 0.25) is 0 Å². The number of ether oxygens (including phenoxy) is 1. The van der Waals surface area contributed by atoms with E-state index in [-0.39, 0.29) is 10.6 Å². The number of nitriles is 1. The maximum atomic E-state index is 11.4. The zero-order chi connectivity index (χ0) is 15.7. The predicted molar refractivity (Wildman–Crippen MR) is 83.8 cm³/mol. The number of amides is 1. The van der Waals surface area contributed by atoms with Crippen LogP contribution in [-0.2, 0) is 0 Å². The minimum atomic E-state index is -0.608. The summed E-state index contributed by atoms with van der Waals surface area (Å²) in [6.45, 7) is 0. The summed E-state index contributed by atoms with van der Waals surface area (Å²) in [5.41, 5.74) is 11.9. The molecule has 3 rings (SSSR count). The van der Waals surface area contributed by atoms with E-state index in [1.807, 2.05) is 0 Å². The van der Waals surface area contributed by atoms with Crippen molar-refractivity contribution < 1.29 is 9.53 Å². The molecule has 0 aliphatic carbocycles. The molecule has 2 aromatic heterocycles. The minimum Gasteiger partial charge on any atom is -0.455 e. The molecule has 0 aliphatic heterocycles. The van der Waals surface area contributed by atoms with Crippen molar-refractivity contribution in [2.45, 2.75) is 0 Å². The maximum Gasteiger partial charge on any atom is 0.260 e. The van der Waals surface area contributed by atoms with Gasteiger partial charge in [-0.25, -0.2) is 4.98 Å². The first-order valence-electron chi connectivity index (χ1n) is 6.25. The lowest BCUT2D eigenvalue weighted by molar-refractivity contribution is 0.100. The van der Waals surface area contributed by atoms with Gasteiger partial charge in [0.1, 0.15) is 27.3 Å². The number of rotatable bonds is 3. The van der Waals surface area contributed by atoms with Crippen LogP contribution in [0.3, 0.4) is 0 Å². The molecular weight excluding hydrogens is 300 g/mol. The third-order valence-electron chi connectivity index (χ3n) is 3.04. The van der Waals surface area contributed by atoms with Crippen LogP contribution in [0.4, 0.5) is 5.69 Å². The standard InChI is InChI=1S/C15H10N4O2S/c16-7-8-3-1-2-4-9(8)21-10-5-6-19-15-11(10)12(17)13(22-15)14(18)20/h1-6H,17H2,(H2,18,20). The van der Waals surface area contributed by atoms with Gasteiger partial charge in [0.05, 0.1) is 16.6 Å². The highest BCUT2D eigenvalue weighted by Gasteiger charge is 2.19. The molecule has 0 aliphatic rings. The van der Waals surface area contributed by atoms with Crippen LogP contribution in [0.2, 0.25) is 0 Å². The van der Waals surface area contributed by atoms with Crippen molar-refractivity contribution >= 4 is 33.1 Å². The van der Waals surface area contributed by atoms with E-state index in [0.29, 0.717) is 27.3 Å². The number of aromatic nitrogens is 1. The number of carbonyl (C=O) groups excluding carboxylic acids is 1. The molecule has 0 radical (unpaired) electrons. The SMILES string of the molecule is N#Cc1ccccc1Oc1ccnc2sc(C(N)=O)c(N)c12. The van der Waals surface area contributed by atoms with E-state index in [4.69, 9.17) is 21.5 Å². The van der Waals surface area contributed by atoms with Crippen LogP contribution in [0.25, 0.3) is 10.2 Å². The number of hydrogen-bond donors (Lipinski definition) is 2. The minimum absolute atomic E-state index is 0.241. The number of thiophene rings is 1. The molecule has 0 fully saturated rings. The molecule has 0 spiro atoms.